The molecule has 0 radical (unpaired) electrons. The molecule has 1 heterocycles. The highest BCUT2D eigenvalue weighted by molar-refractivity contribution is 9.10. The maximum absolute atomic E-state index is 10.0. The summed E-state index contributed by atoms with van der Waals surface area (Å²) in [6.07, 6.45) is 2.81. The fraction of sp³-hybridized carbons (Fsp3) is 0.267. The van der Waals surface area contributed by atoms with Gasteiger partial charge in [-0.15, -0.1) is 0 Å². The summed E-state index contributed by atoms with van der Waals surface area (Å²) < 4.78 is 6.32. The highest BCUT2D eigenvalue weighted by atomic mass is 79.9. The Hall–Kier alpha value is -1.43. The number of nitrogens with one attached hydrogen (secondary N) is 1. The molecule has 0 saturated carbocycles. The summed E-state index contributed by atoms with van der Waals surface area (Å²) in [6, 6.07) is 9.48. The Labute approximate surface area is 126 Å². The van der Waals surface area contributed by atoms with E-state index in [4.69, 9.17) is 4.74 Å². The van der Waals surface area contributed by atoms with E-state index in [9.17, 15) is 5.11 Å². The largest absolute Gasteiger partial charge is 0.496 e. The lowest BCUT2D eigenvalue weighted by molar-refractivity contribution is 0.174. The van der Waals surface area contributed by atoms with Crippen LogP contribution in [-0.4, -0.2) is 23.7 Å². The molecule has 0 aliphatic rings. The number of halogens is 1. The van der Waals surface area contributed by atoms with Crippen LogP contribution < -0.4 is 10.1 Å². The van der Waals surface area contributed by atoms with Crippen molar-refractivity contribution in [2.24, 2.45) is 0 Å². The number of hydrogen-bond donors (Lipinski definition) is 2. The van der Waals surface area contributed by atoms with Crippen molar-refractivity contribution in [3.05, 3.63) is 58.3 Å². The average molecular weight is 337 g/mol. The maximum atomic E-state index is 10.0. The summed E-state index contributed by atoms with van der Waals surface area (Å²) in [4.78, 5) is 3.93. The molecule has 4 nitrogen and oxygen atoms in total. The molecule has 5 heteroatoms. The molecular formula is C15H17BrN2O2. The molecule has 0 aliphatic heterocycles. The van der Waals surface area contributed by atoms with Crippen LogP contribution >= 0.6 is 15.9 Å². The van der Waals surface area contributed by atoms with Crippen molar-refractivity contribution in [1.82, 2.24) is 10.3 Å². The van der Waals surface area contributed by atoms with Gasteiger partial charge >= 0.3 is 0 Å². The third-order valence-electron chi connectivity index (χ3n) is 2.99. The van der Waals surface area contributed by atoms with Gasteiger partial charge in [0, 0.05) is 35.5 Å². The van der Waals surface area contributed by atoms with Crippen molar-refractivity contribution in [3.63, 3.8) is 0 Å². The van der Waals surface area contributed by atoms with Crippen LogP contribution in [0.2, 0.25) is 0 Å². The zero-order chi connectivity index (χ0) is 14.4. The van der Waals surface area contributed by atoms with Crippen molar-refractivity contribution >= 4 is 15.9 Å². The lowest BCUT2D eigenvalue weighted by atomic mass is 10.1. The van der Waals surface area contributed by atoms with Crippen LogP contribution in [0.25, 0.3) is 0 Å². The fourth-order valence-electron chi connectivity index (χ4n) is 1.93. The third-order valence-corrected chi connectivity index (χ3v) is 3.48. The summed E-state index contributed by atoms with van der Waals surface area (Å²) in [7, 11) is 1.65. The van der Waals surface area contributed by atoms with E-state index in [0.29, 0.717) is 13.1 Å². The Balaban J connectivity index is 1.91. The van der Waals surface area contributed by atoms with Crippen molar-refractivity contribution in [2.45, 2.75) is 12.6 Å². The number of rotatable bonds is 6. The lowest BCUT2D eigenvalue weighted by Gasteiger charge is -2.13. The number of nitrogens with zero attached hydrogens (tertiary/aromatic N) is 1. The Morgan fingerprint density at radius 3 is 2.75 bits per heavy atom. The van der Waals surface area contributed by atoms with Gasteiger partial charge in [-0.3, -0.25) is 4.98 Å². The first-order valence-corrected chi connectivity index (χ1v) is 7.11. The van der Waals surface area contributed by atoms with Gasteiger partial charge in [0.25, 0.3) is 0 Å². The van der Waals surface area contributed by atoms with E-state index in [1.54, 1.807) is 19.5 Å². The van der Waals surface area contributed by atoms with Crippen LogP contribution in [0.15, 0.2) is 47.2 Å². The molecular weight excluding hydrogens is 320 g/mol. The first-order chi connectivity index (χ1) is 9.70. The molecule has 2 aromatic rings. The van der Waals surface area contributed by atoms with Gasteiger partial charge < -0.3 is 15.2 Å². The molecule has 0 aliphatic carbocycles. The second kappa shape index (κ2) is 7.38. The van der Waals surface area contributed by atoms with E-state index < -0.39 is 6.10 Å². The van der Waals surface area contributed by atoms with Crippen molar-refractivity contribution in [1.29, 1.82) is 0 Å². The first-order valence-electron chi connectivity index (χ1n) is 6.32. The SMILES string of the molecule is COc1ccc(Br)cc1CNCC(O)c1ccncc1. The molecule has 2 N–H and O–H groups in total. The quantitative estimate of drug-likeness (QED) is 0.851. The number of aliphatic hydroxyl groups is 1. The summed E-state index contributed by atoms with van der Waals surface area (Å²) in [5.41, 5.74) is 1.90. The normalized spacial score (nSPS) is 12.2. The molecule has 1 atom stereocenters. The molecule has 0 amide bonds. The smallest absolute Gasteiger partial charge is 0.123 e. The zero-order valence-electron chi connectivity index (χ0n) is 11.2. The van der Waals surface area contributed by atoms with Crippen LogP contribution in [0.3, 0.4) is 0 Å². The zero-order valence-corrected chi connectivity index (χ0v) is 12.8. The second-order valence-electron chi connectivity index (χ2n) is 4.38. The van der Waals surface area contributed by atoms with Gasteiger partial charge in [-0.25, -0.2) is 0 Å². The van der Waals surface area contributed by atoms with Crippen molar-refractivity contribution in [3.8, 4) is 5.75 Å². The van der Waals surface area contributed by atoms with Crippen LogP contribution in [0.4, 0.5) is 0 Å². The Morgan fingerprint density at radius 1 is 1.30 bits per heavy atom. The van der Waals surface area contributed by atoms with Crippen LogP contribution in [0, 0.1) is 0 Å². The van der Waals surface area contributed by atoms with E-state index >= 15 is 0 Å². The molecule has 1 aromatic heterocycles. The van der Waals surface area contributed by atoms with Gasteiger partial charge in [0.05, 0.1) is 13.2 Å². The number of methoxy groups -OCH3 is 1. The van der Waals surface area contributed by atoms with Crippen molar-refractivity contribution < 1.29 is 9.84 Å². The number of pyridine rings is 1. The first kappa shape index (κ1) is 15.0. The van der Waals surface area contributed by atoms with E-state index in [1.807, 2.05) is 30.3 Å². The van der Waals surface area contributed by atoms with Gasteiger partial charge in [0.15, 0.2) is 0 Å². The minimum Gasteiger partial charge on any atom is -0.496 e. The topological polar surface area (TPSA) is 54.4 Å². The molecule has 0 fully saturated rings. The predicted molar refractivity (Wildman–Crippen MR) is 81.6 cm³/mol. The van der Waals surface area contributed by atoms with Crippen LogP contribution in [0.5, 0.6) is 5.75 Å². The van der Waals surface area contributed by atoms with Gasteiger partial charge in [-0.2, -0.15) is 0 Å². The number of benzene rings is 1. The van der Waals surface area contributed by atoms with Gasteiger partial charge in [0.2, 0.25) is 0 Å². The summed E-state index contributed by atoms with van der Waals surface area (Å²) in [5.74, 6) is 0.833. The molecule has 0 saturated heterocycles. The highest BCUT2D eigenvalue weighted by Crippen LogP contribution is 2.22. The van der Waals surface area contributed by atoms with E-state index in [1.165, 1.54) is 0 Å². The minimum absolute atomic E-state index is 0.472. The Kier molecular flexibility index (Phi) is 5.52. The van der Waals surface area contributed by atoms with Crippen LogP contribution in [-0.2, 0) is 6.54 Å². The van der Waals surface area contributed by atoms with Crippen LogP contribution in [0.1, 0.15) is 17.2 Å². The van der Waals surface area contributed by atoms with Crippen molar-refractivity contribution in [2.75, 3.05) is 13.7 Å². The van der Waals surface area contributed by atoms with E-state index in [-0.39, 0.29) is 0 Å². The third kappa shape index (κ3) is 4.03. The molecule has 20 heavy (non-hydrogen) atoms. The van der Waals surface area contributed by atoms with Gasteiger partial charge in [-0.05, 0) is 35.9 Å². The monoisotopic (exact) mass is 336 g/mol. The fourth-order valence-corrected chi connectivity index (χ4v) is 2.34. The summed E-state index contributed by atoms with van der Waals surface area (Å²) in [6.45, 7) is 1.10. The number of aromatic nitrogens is 1. The Morgan fingerprint density at radius 2 is 2.05 bits per heavy atom. The minimum atomic E-state index is -0.545. The Bertz CT molecular complexity index is 549. The lowest BCUT2D eigenvalue weighted by Crippen LogP contribution is -2.21. The molecule has 106 valence electrons. The van der Waals surface area contributed by atoms with E-state index in [2.05, 4.69) is 26.2 Å². The predicted octanol–water partition coefficient (Wildman–Crippen LogP) is 2.68. The van der Waals surface area contributed by atoms with E-state index in [0.717, 1.165) is 21.3 Å². The van der Waals surface area contributed by atoms with Gasteiger partial charge in [0.1, 0.15) is 5.75 Å². The molecule has 0 spiro atoms. The highest BCUT2D eigenvalue weighted by Gasteiger charge is 2.08. The average Bonchev–Trinajstić information content (AvgIpc) is 2.48. The molecule has 1 aromatic carbocycles. The summed E-state index contributed by atoms with van der Waals surface area (Å²) in [5, 5.41) is 13.3. The standard InChI is InChI=1S/C15H17BrN2O2/c1-20-15-3-2-13(16)8-12(15)9-18-10-14(19)11-4-6-17-7-5-11/h2-8,14,18-19H,9-10H2,1H3. The number of ether oxygens (including phenoxy) is 1. The molecule has 2 rings (SSSR count). The molecule has 1 unspecified atom stereocenters. The van der Waals surface area contributed by atoms with Gasteiger partial charge in [-0.1, -0.05) is 15.9 Å². The number of hydrogen-bond acceptors (Lipinski definition) is 4. The maximum Gasteiger partial charge on any atom is 0.123 e. The summed E-state index contributed by atoms with van der Waals surface area (Å²) >= 11 is 3.44. The number of aliphatic hydroxyl groups excluding tert-OH is 1. The second-order valence-corrected chi connectivity index (χ2v) is 5.30. The molecule has 0 bridgehead atoms.